The molecular weight excluding hydrogens is 341 g/mol. The fourth-order valence-electron chi connectivity index (χ4n) is 2.43. The van der Waals surface area contributed by atoms with Gasteiger partial charge in [-0.2, -0.15) is 0 Å². The Labute approximate surface area is 122 Å². The molecule has 1 aliphatic carbocycles. The molecule has 0 amide bonds. The van der Waals surface area contributed by atoms with Crippen LogP contribution < -0.4 is 5.32 Å². The van der Waals surface area contributed by atoms with Gasteiger partial charge in [-0.25, -0.2) is 0 Å². The second kappa shape index (κ2) is 5.51. The van der Waals surface area contributed by atoms with Crippen LogP contribution in [0.5, 0.6) is 0 Å². The lowest BCUT2D eigenvalue weighted by Crippen LogP contribution is -2.44. The summed E-state index contributed by atoms with van der Waals surface area (Å²) in [6.07, 6.45) is 3.99. The second-order valence-electron chi connectivity index (χ2n) is 6.20. The average molecular weight is 363 g/mol. The summed E-state index contributed by atoms with van der Waals surface area (Å²) in [5.74, 6) is 0.930. The van der Waals surface area contributed by atoms with Crippen molar-refractivity contribution >= 4 is 22.6 Å². The van der Waals surface area contributed by atoms with Gasteiger partial charge in [-0.1, -0.05) is 13.8 Å². The van der Waals surface area contributed by atoms with Crippen LogP contribution in [0.15, 0.2) is 16.5 Å². The van der Waals surface area contributed by atoms with Crippen molar-refractivity contribution in [1.82, 2.24) is 5.32 Å². The molecule has 0 saturated heterocycles. The highest BCUT2D eigenvalue weighted by Gasteiger charge is 2.36. The van der Waals surface area contributed by atoms with Gasteiger partial charge in [0.25, 0.3) is 0 Å². The molecule has 0 bridgehead atoms. The first-order valence-corrected chi connectivity index (χ1v) is 7.64. The molecule has 1 aromatic rings. The van der Waals surface area contributed by atoms with E-state index < -0.39 is 5.60 Å². The maximum atomic E-state index is 10.5. The largest absolute Gasteiger partial charge is 0.454 e. The van der Waals surface area contributed by atoms with Gasteiger partial charge in [-0.15, -0.1) is 0 Å². The van der Waals surface area contributed by atoms with Crippen LogP contribution in [0.4, 0.5) is 0 Å². The predicted molar refractivity (Wildman–Crippen MR) is 80.3 cm³/mol. The maximum absolute atomic E-state index is 10.5. The Balaban J connectivity index is 1.76. The molecule has 1 fully saturated rings. The minimum Gasteiger partial charge on any atom is -0.454 e. The summed E-state index contributed by atoms with van der Waals surface area (Å²) in [7, 11) is 0. The Bertz CT molecular complexity index is 390. The van der Waals surface area contributed by atoms with Gasteiger partial charge in [0, 0.05) is 6.54 Å². The van der Waals surface area contributed by atoms with E-state index in [0.29, 0.717) is 18.5 Å². The number of furan rings is 1. The van der Waals surface area contributed by atoms with Gasteiger partial charge in [0.15, 0.2) is 3.77 Å². The van der Waals surface area contributed by atoms with Gasteiger partial charge >= 0.3 is 0 Å². The van der Waals surface area contributed by atoms with Gasteiger partial charge in [0.05, 0.1) is 12.1 Å². The van der Waals surface area contributed by atoms with Gasteiger partial charge in [0.1, 0.15) is 5.76 Å². The summed E-state index contributed by atoms with van der Waals surface area (Å²) in [5, 5.41) is 13.8. The third kappa shape index (κ3) is 3.96. The van der Waals surface area contributed by atoms with Crippen molar-refractivity contribution in [2.45, 2.75) is 51.7 Å². The van der Waals surface area contributed by atoms with Crippen molar-refractivity contribution < 1.29 is 9.52 Å². The highest BCUT2D eigenvalue weighted by atomic mass is 127. The Morgan fingerprint density at radius 2 is 1.94 bits per heavy atom. The summed E-state index contributed by atoms with van der Waals surface area (Å²) < 4.78 is 6.39. The maximum Gasteiger partial charge on any atom is 0.164 e. The Morgan fingerprint density at radius 3 is 2.50 bits per heavy atom. The van der Waals surface area contributed by atoms with E-state index in [-0.39, 0.29) is 0 Å². The zero-order chi connectivity index (χ0) is 13.2. The highest BCUT2D eigenvalue weighted by Crippen LogP contribution is 2.39. The number of aliphatic hydroxyl groups is 1. The van der Waals surface area contributed by atoms with Crippen molar-refractivity contribution in [3.63, 3.8) is 0 Å². The van der Waals surface area contributed by atoms with Crippen LogP contribution in [0.25, 0.3) is 0 Å². The molecule has 0 spiro atoms. The molecule has 2 N–H and O–H groups in total. The van der Waals surface area contributed by atoms with Crippen molar-refractivity contribution in [2.24, 2.45) is 5.41 Å². The van der Waals surface area contributed by atoms with Gasteiger partial charge in [-0.05, 0) is 65.8 Å². The van der Waals surface area contributed by atoms with Crippen LogP contribution in [-0.4, -0.2) is 17.3 Å². The van der Waals surface area contributed by atoms with E-state index in [0.717, 1.165) is 35.2 Å². The van der Waals surface area contributed by atoms with Crippen LogP contribution in [0.1, 0.15) is 45.3 Å². The van der Waals surface area contributed by atoms with Gasteiger partial charge in [-0.3, -0.25) is 0 Å². The molecule has 0 unspecified atom stereocenters. The average Bonchev–Trinajstić information content (AvgIpc) is 2.70. The highest BCUT2D eigenvalue weighted by molar-refractivity contribution is 14.1. The molecular formula is C14H22INO2. The molecule has 1 aliphatic rings. The van der Waals surface area contributed by atoms with E-state index in [2.05, 4.69) is 41.8 Å². The van der Waals surface area contributed by atoms with E-state index in [1.165, 1.54) is 0 Å². The topological polar surface area (TPSA) is 45.4 Å². The molecule has 3 nitrogen and oxygen atoms in total. The van der Waals surface area contributed by atoms with E-state index in [9.17, 15) is 5.11 Å². The molecule has 0 radical (unpaired) electrons. The Kier molecular flexibility index (Phi) is 4.39. The van der Waals surface area contributed by atoms with E-state index in [4.69, 9.17) is 4.42 Å². The molecule has 18 heavy (non-hydrogen) atoms. The number of rotatable bonds is 4. The standard InChI is InChI=1S/C14H22INO2/c1-13(2)5-7-14(17,8-6-13)10-16-9-11-3-4-12(15)18-11/h3-4,16-17H,5-10H2,1-2H3. The first kappa shape index (κ1) is 14.3. The predicted octanol–water partition coefficient (Wildman–Crippen LogP) is 3.31. The molecule has 0 aromatic carbocycles. The lowest BCUT2D eigenvalue weighted by atomic mass is 9.71. The van der Waals surface area contributed by atoms with Crippen molar-refractivity contribution in [3.05, 3.63) is 21.7 Å². The lowest BCUT2D eigenvalue weighted by Gasteiger charge is -2.40. The quantitative estimate of drug-likeness (QED) is 0.807. The second-order valence-corrected chi connectivity index (χ2v) is 7.26. The summed E-state index contributed by atoms with van der Waals surface area (Å²) in [6, 6.07) is 3.93. The van der Waals surface area contributed by atoms with Crippen molar-refractivity contribution in [1.29, 1.82) is 0 Å². The third-order valence-corrected chi connectivity index (χ3v) is 4.50. The van der Waals surface area contributed by atoms with Gasteiger partial charge < -0.3 is 14.8 Å². The SMILES string of the molecule is CC1(C)CCC(O)(CNCc2ccc(I)o2)CC1. The molecule has 1 heterocycles. The first-order chi connectivity index (χ1) is 8.39. The summed E-state index contributed by atoms with van der Waals surface area (Å²) in [4.78, 5) is 0. The van der Waals surface area contributed by atoms with Crippen LogP contribution in [-0.2, 0) is 6.54 Å². The molecule has 0 atom stereocenters. The van der Waals surface area contributed by atoms with E-state index in [1.807, 2.05) is 12.1 Å². The molecule has 102 valence electrons. The summed E-state index contributed by atoms with van der Waals surface area (Å²) in [6.45, 7) is 5.91. The number of hydrogen-bond acceptors (Lipinski definition) is 3. The lowest BCUT2D eigenvalue weighted by molar-refractivity contribution is -0.0247. The summed E-state index contributed by atoms with van der Waals surface area (Å²) >= 11 is 2.16. The minimum atomic E-state index is -0.532. The van der Waals surface area contributed by atoms with Crippen LogP contribution in [0, 0.1) is 9.18 Å². The van der Waals surface area contributed by atoms with Crippen molar-refractivity contribution in [3.8, 4) is 0 Å². The fourth-order valence-corrected chi connectivity index (χ4v) is 2.90. The van der Waals surface area contributed by atoms with Crippen LogP contribution in [0.3, 0.4) is 0 Å². The number of nitrogens with one attached hydrogen (secondary N) is 1. The fraction of sp³-hybridized carbons (Fsp3) is 0.714. The monoisotopic (exact) mass is 363 g/mol. The van der Waals surface area contributed by atoms with Crippen LogP contribution in [0.2, 0.25) is 0 Å². The molecule has 4 heteroatoms. The van der Waals surface area contributed by atoms with Crippen LogP contribution >= 0.6 is 22.6 Å². The normalized spacial score (nSPS) is 22.0. The zero-order valence-corrected chi connectivity index (χ0v) is 13.3. The first-order valence-electron chi connectivity index (χ1n) is 6.56. The molecule has 1 saturated carbocycles. The number of halogens is 1. The third-order valence-electron chi connectivity index (χ3n) is 3.92. The van der Waals surface area contributed by atoms with Gasteiger partial charge in [0.2, 0.25) is 0 Å². The molecule has 1 aromatic heterocycles. The van der Waals surface area contributed by atoms with E-state index in [1.54, 1.807) is 0 Å². The van der Waals surface area contributed by atoms with Crippen molar-refractivity contribution in [2.75, 3.05) is 6.54 Å². The zero-order valence-electron chi connectivity index (χ0n) is 11.1. The molecule has 2 rings (SSSR count). The Morgan fingerprint density at radius 1 is 1.28 bits per heavy atom. The molecule has 0 aliphatic heterocycles. The number of hydrogen-bond donors (Lipinski definition) is 2. The van der Waals surface area contributed by atoms with E-state index >= 15 is 0 Å². The smallest absolute Gasteiger partial charge is 0.164 e. The Hall–Kier alpha value is -0.0700. The summed E-state index contributed by atoms with van der Waals surface area (Å²) in [5.41, 5.74) is -0.140. The minimum absolute atomic E-state index is 0.392.